The van der Waals surface area contributed by atoms with Crippen LogP contribution in [0, 0.1) is 12.7 Å². The lowest BCUT2D eigenvalue weighted by atomic mass is 10.2. The number of aryl methyl sites for hydroxylation is 1. The molecule has 4 nitrogen and oxygen atoms in total. The molecule has 2 amide bonds. The van der Waals surface area contributed by atoms with Gasteiger partial charge in [0.05, 0.1) is 0 Å². The summed E-state index contributed by atoms with van der Waals surface area (Å²) in [4.78, 5) is 16.4. The monoisotopic (exact) mass is 361 g/mol. The zero-order chi connectivity index (χ0) is 17.8. The molecule has 0 unspecified atom stereocenters. The molecule has 2 aromatic rings. The van der Waals surface area contributed by atoms with Crippen molar-refractivity contribution in [1.82, 2.24) is 9.80 Å². The SMILES string of the molecule is Cc1ccc(NC(=O)N2CCN(Cc3ccc(F)cc3Cl)CC2)cc1. The van der Waals surface area contributed by atoms with Gasteiger partial charge in [0.25, 0.3) is 0 Å². The Hall–Kier alpha value is -2.11. The number of piperazine rings is 1. The Bertz CT molecular complexity index is 743. The van der Waals surface area contributed by atoms with Gasteiger partial charge < -0.3 is 10.2 Å². The molecule has 1 saturated heterocycles. The van der Waals surface area contributed by atoms with Crippen molar-refractivity contribution in [3.8, 4) is 0 Å². The number of anilines is 1. The minimum absolute atomic E-state index is 0.0803. The molecule has 0 bridgehead atoms. The number of hydrogen-bond acceptors (Lipinski definition) is 2. The van der Waals surface area contributed by atoms with E-state index in [2.05, 4.69) is 10.2 Å². The van der Waals surface area contributed by atoms with E-state index in [9.17, 15) is 9.18 Å². The second-order valence-corrected chi connectivity index (χ2v) is 6.70. The summed E-state index contributed by atoms with van der Waals surface area (Å²) in [5.41, 5.74) is 2.86. The fourth-order valence-electron chi connectivity index (χ4n) is 2.84. The van der Waals surface area contributed by atoms with Crippen LogP contribution in [-0.2, 0) is 6.54 Å². The van der Waals surface area contributed by atoms with E-state index in [1.807, 2.05) is 36.1 Å². The number of carbonyl (C=O) groups excluding carboxylic acids is 1. The van der Waals surface area contributed by atoms with Crippen molar-refractivity contribution in [3.05, 3.63) is 64.4 Å². The lowest BCUT2D eigenvalue weighted by Gasteiger charge is -2.34. The predicted molar refractivity (Wildman–Crippen MR) is 98.5 cm³/mol. The Balaban J connectivity index is 1.51. The lowest BCUT2D eigenvalue weighted by Crippen LogP contribution is -2.49. The number of halogens is 2. The van der Waals surface area contributed by atoms with Gasteiger partial charge in [0, 0.05) is 43.4 Å². The molecule has 0 aromatic heterocycles. The second kappa shape index (κ2) is 7.85. The number of carbonyl (C=O) groups is 1. The van der Waals surface area contributed by atoms with E-state index in [-0.39, 0.29) is 11.8 Å². The standard InChI is InChI=1S/C19H21ClFN3O/c1-14-2-6-17(7-3-14)22-19(25)24-10-8-23(9-11-24)13-15-4-5-16(21)12-18(15)20/h2-7,12H,8-11,13H2,1H3,(H,22,25). The molecule has 3 rings (SSSR count). The van der Waals surface area contributed by atoms with E-state index >= 15 is 0 Å². The normalized spacial score (nSPS) is 15.2. The smallest absolute Gasteiger partial charge is 0.321 e. The van der Waals surface area contributed by atoms with E-state index in [0.29, 0.717) is 24.7 Å². The number of urea groups is 1. The first kappa shape index (κ1) is 17.7. The van der Waals surface area contributed by atoms with E-state index in [4.69, 9.17) is 11.6 Å². The third kappa shape index (κ3) is 4.71. The average molecular weight is 362 g/mol. The molecule has 6 heteroatoms. The van der Waals surface area contributed by atoms with Gasteiger partial charge in [-0.15, -0.1) is 0 Å². The van der Waals surface area contributed by atoms with Crippen molar-refractivity contribution < 1.29 is 9.18 Å². The summed E-state index contributed by atoms with van der Waals surface area (Å²) < 4.78 is 13.1. The summed E-state index contributed by atoms with van der Waals surface area (Å²) in [5.74, 6) is -0.327. The molecule has 0 atom stereocenters. The van der Waals surface area contributed by atoms with E-state index in [1.54, 1.807) is 6.07 Å². The summed E-state index contributed by atoms with van der Waals surface area (Å²) in [6.07, 6.45) is 0. The molecule has 1 N–H and O–H groups in total. The molecule has 0 spiro atoms. The van der Waals surface area contributed by atoms with Gasteiger partial charge in [-0.2, -0.15) is 0 Å². The maximum Gasteiger partial charge on any atom is 0.321 e. The van der Waals surface area contributed by atoms with Crippen molar-refractivity contribution in [2.24, 2.45) is 0 Å². The molecule has 0 radical (unpaired) electrons. The lowest BCUT2D eigenvalue weighted by molar-refractivity contribution is 0.143. The summed E-state index contributed by atoms with van der Waals surface area (Å²) >= 11 is 6.09. The van der Waals surface area contributed by atoms with Crippen molar-refractivity contribution in [1.29, 1.82) is 0 Å². The van der Waals surface area contributed by atoms with Crippen molar-refractivity contribution in [3.63, 3.8) is 0 Å². The summed E-state index contributed by atoms with van der Waals surface area (Å²) in [5, 5.41) is 3.37. The number of hydrogen-bond donors (Lipinski definition) is 1. The van der Waals surface area contributed by atoms with Gasteiger partial charge >= 0.3 is 6.03 Å². The van der Waals surface area contributed by atoms with Crippen LogP contribution in [-0.4, -0.2) is 42.0 Å². The number of rotatable bonds is 3. The fourth-order valence-corrected chi connectivity index (χ4v) is 3.07. The maximum atomic E-state index is 13.1. The average Bonchev–Trinajstić information content (AvgIpc) is 2.60. The zero-order valence-electron chi connectivity index (χ0n) is 14.1. The quantitative estimate of drug-likeness (QED) is 0.891. The van der Waals surface area contributed by atoms with Gasteiger partial charge in [-0.25, -0.2) is 9.18 Å². The van der Waals surface area contributed by atoms with Crippen LogP contribution in [0.1, 0.15) is 11.1 Å². The Morgan fingerprint density at radius 2 is 1.80 bits per heavy atom. The minimum atomic E-state index is -0.327. The Morgan fingerprint density at radius 1 is 1.12 bits per heavy atom. The molecule has 1 heterocycles. The van der Waals surface area contributed by atoms with Crippen LogP contribution in [0.15, 0.2) is 42.5 Å². The number of amides is 2. The molecule has 25 heavy (non-hydrogen) atoms. The first-order valence-electron chi connectivity index (χ1n) is 8.30. The Labute approximate surface area is 152 Å². The highest BCUT2D eigenvalue weighted by Crippen LogP contribution is 2.20. The van der Waals surface area contributed by atoms with Crippen LogP contribution in [0.25, 0.3) is 0 Å². The van der Waals surface area contributed by atoms with Gasteiger partial charge in [0.2, 0.25) is 0 Å². The van der Waals surface area contributed by atoms with Gasteiger partial charge in [-0.3, -0.25) is 4.90 Å². The molecule has 2 aromatic carbocycles. The number of nitrogens with one attached hydrogen (secondary N) is 1. The number of nitrogens with zero attached hydrogens (tertiary/aromatic N) is 2. The topological polar surface area (TPSA) is 35.6 Å². The molecular weight excluding hydrogens is 341 g/mol. The molecule has 1 fully saturated rings. The predicted octanol–water partition coefficient (Wildman–Crippen LogP) is 4.14. The zero-order valence-corrected chi connectivity index (χ0v) is 14.9. The Morgan fingerprint density at radius 3 is 2.44 bits per heavy atom. The van der Waals surface area contributed by atoms with Crippen LogP contribution >= 0.6 is 11.6 Å². The largest absolute Gasteiger partial charge is 0.322 e. The first-order chi connectivity index (χ1) is 12.0. The van der Waals surface area contributed by atoms with E-state index in [1.165, 1.54) is 12.1 Å². The van der Waals surface area contributed by atoms with Gasteiger partial charge in [-0.1, -0.05) is 35.4 Å². The molecular formula is C19H21ClFN3O. The molecule has 1 aliphatic heterocycles. The number of benzene rings is 2. The highest BCUT2D eigenvalue weighted by Gasteiger charge is 2.21. The van der Waals surface area contributed by atoms with E-state index in [0.717, 1.165) is 29.9 Å². The van der Waals surface area contributed by atoms with Crippen molar-refractivity contribution >= 4 is 23.3 Å². The van der Waals surface area contributed by atoms with Crippen LogP contribution in [0.4, 0.5) is 14.9 Å². The van der Waals surface area contributed by atoms with Crippen LogP contribution in [0.5, 0.6) is 0 Å². The maximum absolute atomic E-state index is 13.1. The Kier molecular flexibility index (Phi) is 5.56. The van der Waals surface area contributed by atoms with E-state index < -0.39 is 0 Å². The molecule has 0 aliphatic carbocycles. The van der Waals surface area contributed by atoms with Crippen LogP contribution in [0.3, 0.4) is 0 Å². The van der Waals surface area contributed by atoms with Crippen molar-refractivity contribution in [2.45, 2.75) is 13.5 Å². The molecule has 1 aliphatic rings. The summed E-state index contributed by atoms with van der Waals surface area (Å²) in [6.45, 7) is 5.49. The molecule has 132 valence electrons. The summed E-state index contributed by atoms with van der Waals surface area (Å²) in [7, 11) is 0. The first-order valence-corrected chi connectivity index (χ1v) is 8.68. The second-order valence-electron chi connectivity index (χ2n) is 6.30. The van der Waals surface area contributed by atoms with Gasteiger partial charge in [0.15, 0.2) is 0 Å². The highest BCUT2D eigenvalue weighted by atomic mass is 35.5. The van der Waals surface area contributed by atoms with Crippen LogP contribution in [0.2, 0.25) is 5.02 Å². The van der Waals surface area contributed by atoms with Gasteiger partial charge in [-0.05, 0) is 36.8 Å². The highest BCUT2D eigenvalue weighted by molar-refractivity contribution is 6.31. The molecule has 0 saturated carbocycles. The van der Waals surface area contributed by atoms with Crippen LogP contribution < -0.4 is 5.32 Å². The summed E-state index contributed by atoms with van der Waals surface area (Å²) in [6, 6.07) is 12.1. The third-order valence-corrected chi connectivity index (χ3v) is 4.72. The third-order valence-electron chi connectivity index (χ3n) is 4.37. The minimum Gasteiger partial charge on any atom is -0.322 e. The fraction of sp³-hybridized carbons (Fsp3) is 0.316. The van der Waals surface area contributed by atoms with Crippen molar-refractivity contribution in [2.75, 3.05) is 31.5 Å². The van der Waals surface area contributed by atoms with Gasteiger partial charge in [0.1, 0.15) is 5.82 Å².